The molecule has 0 radical (unpaired) electrons. The van der Waals surface area contributed by atoms with Crippen LogP contribution in [0.2, 0.25) is 4.34 Å². The Bertz CT molecular complexity index is 1260. The van der Waals surface area contributed by atoms with Gasteiger partial charge in [-0.1, -0.05) is 23.7 Å². The van der Waals surface area contributed by atoms with E-state index < -0.39 is 5.97 Å². The van der Waals surface area contributed by atoms with E-state index in [4.69, 9.17) is 11.6 Å². The molecule has 1 aliphatic heterocycles. The highest BCUT2D eigenvalue weighted by Crippen LogP contribution is 2.35. The van der Waals surface area contributed by atoms with Crippen LogP contribution < -0.4 is 0 Å². The number of hydrogen-bond donors (Lipinski definition) is 1. The fourth-order valence-electron chi connectivity index (χ4n) is 4.66. The molecule has 7 heteroatoms. The molecule has 1 aromatic carbocycles. The van der Waals surface area contributed by atoms with Crippen LogP contribution in [0.3, 0.4) is 0 Å². The highest BCUT2D eigenvalue weighted by molar-refractivity contribution is 7.16. The number of pyridine rings is 1. The lowest BCUT2D eigenvalue weighted by Gasteiger charge is -2.32. The summed E-state index contributed by atoms with van der Waals surface area (Å²) >= 11 is 7.74. The Morgan fingerprint density at radius 3 is 2.72 bits per heavy atom. The van der Waals surface area contributed by atoms with Crippen LogP contribution in [0.1, 0.15) is 45.1 Å². The molecule has 0 aliphatic carbocycles. The van der Waals surface area contributed by atoms with Gasteiger partial charge in [0.1, 0.15) is 5.65 Å². The molecule has 0 saturated carbocycles. The molecule has 1 fully saturated rings. The third-order valence-corrected chi connectivity index (χ3v) is 7.44. The number of aromatic carboxylic acids is 1. The summed E-state index contributed by atoms with van der Waals surface area (Å²) in [5.74, 6) is -0.378. The zero-order valence-corrected chi connectivity index (χ0v) is 19.1. The second-order valence-corrected chi connectivity index (χ2v) is 10.1. The number of carbonyl (C=O) groups is 1. The number of benzene rings is 1. The van der Waals surface area contributed by atoms with E-state index in [1.165, 1.54) is 15.8 Å². The molecule has 5 nitrogen and oxygen atoms in total. The number of carboxylic acid groups (broad SMARTS) is 1. The van der Waals surface area contributed by atoms with Gasteiger partial charge in [-0.15, -0.1) is 11.3 Å². The second-order valence-electron chi connectivity index (χ2n) is 8.35. The van der Waals surface area contributed by atoms with Crippen LogP contribution in [0, 0.1) is 0 Å². The van der Waals surface area contributed by atoms with Crippen LogP contribution >= 0.6 is 22.9 Å². The van der Waals surface area contributed by atoms with Crippen molar-refractivity contribution in [2.45, 2.75) is 31.8 Å². The molecule has 0 unspecified atom stereocenters. The average Bonchev–Trinajstić information content (AvgIpc) is 3.38. The summed E-state index contributed by atoms with van der Waals surface area (Å²) < 4.78 is 3.06. The monoisotopic (exact) mass is 465 g/mol. The van der Waals surface area contributed by atoms with E-state index in [0.717, 1.165) is 54.6 Å². The first-order chi connectivity index (χ1) is 15.6. The van der Waals surface area contributed by atoms with E-state index in [-0.39, 0.29) is 0 Å². The topological polar surface area (TPSA) is 58.4 Å². The molecule has 4 aromatic rings. The number of likely N-dealkylation sites (tertiary alicyclic amines) is 1. The summed E-state index contributed by atoms with van der Waals surface area (Å²) in [4.78, 5) is 19.6. The molecule has 1 N–H and O–H groups in total. The van der Waals surface area contributed by atoms with Gasteiger partial charge in [0.05, 0.1) is 16.4 Å². The van der Waals surface area contributed by atoms with Gasteiger partial charge in [-0.25, -0.2) is 9.78 Å². The predicted octanol–water partition coefficient (Wildman–Crippen LogP) is 5.88. The largest absolute Gasteiger partial charge is 0.478 e. The minimum absolute atomic E-state index is 0.352. The zero-order chi connectivity index (χ0) is 22.1. The molecule has 0 atom stereocenters. The Labute approximate surface area is 195 Å². The van der Waals surface area contributed by atoms with Crippen molar-refractivity contribution in [1.29, 1.82) is 0 Å². The Hall–Kier alpha value is -2.67. The van der Waals surface area contributed by atoms with Crippen molar-refractivity contribution in [3.63, 3.8) is 0 Å². The lowest BCUT2D eigenvalue weighted by Crippen LogP contribution is -2.32. The van der Waals surface area contributed by atoms with Gasteiger partial charge in [-0.05, 0) is 79.4 Å². The Morgan fingerprint density at radius 1 is 1.12 bits per heavy atom. The van der Waals surface area contributed by atoms with Crippen LogP contribution in [0.5, 0.6) is 0 Å². The summed E-state index contributed by atoms with van der Waals surface area (Å²) in [6.45, 7) is 3.56. The SMILES string of the molecule is O=C(O)c1cccc(CN2CCC(c3cn(Cc4ccc(Cl)s4)c4ncccc34)CC2)c1. The Kier molecular flexibility index (Phi) is 6.00. The first kappa shape index (κ1) is 21.2. The number of fused-ring (bicyclic) bond motifs is 1. The van der Waals surface area contributed by atoms with E-state index >= 15 is 0 Å². The maximum Gasteiger partial charge on any atom is 0.335 e. The van der Waals surface area contributed by atoms with Crippen LogP contribution in [-0.2, 0) is 13.1 Å². The summed E-state index contributed by atoms with van der Waals surface area (Å²) in [5, 5.41) is 10.5. The van der Waals surface area contributed by atoms with Crippen molar-refractivity contribution in [3.8, 4) is 0 Å². The summed E-state index contributed by atoms with van der Waals surface area (Å²) in [6, 6.07) is 15.5. The molecular weight excluding hydrogens is 442 g/mol. The first-order valence-corrected chi connectivity index (χ1v) is 12.0. The van der Waals surface area contributed by atoms with Crippen molar-refractivity contribution < 1.29 is 9.90 Å². The highest BCUT2D eigenvalue weighted by atomic mass is 35.5. The van der Waals surface area contributed by atoms with Crippen molar-refractivity contribution in [2.75, 3.05) is 13.1 Å². The molecular formula is C25H24ClN3O2S. The van der Waals surface area contributed by atoms with Crippen molar-refractivity contribution in [3.05, 3.63) is 86.8 Å². The molecule has 164 valence electrons. The molecule has 3 aromatic heterocycles. The van der Waals surface area contributed by atoms with Gasteiger partial charge in [0.15, 0.2) is 0 Å². The number of rotatable bonds is 6. The maximum atomic E-state index is 11.2. The van der Waals surface area contributed by atoms with Gasteiger partial charge in [-0.3, -0.25) is 4.90 Å². The third-order valence-electron chi connectivity index (χ3n) is 6.23. The fraction of sp³-hybridized carbons (Fsp3) is 0.280. The lowest BCUT2D eigenvalue weighted by atomic mass is 9.89. The minimum Gasteiger partial charge on any atom is -0.478 e. The predicted molar refractivity (Wildman–Crippen MR) is 129 cm³/mol. The smallest absolute Gasteiger partial charge is 0.335 e. The van der Waals surface area contributed by atoms with Gasteiger partial charge in [0.2, 0.25) is 0 Å². The molecule has 1 saturated heterocycles. The third kappa shape index (κ3) is 4.44. The summed E-state index contributed by atoms with van der Waals surface area (Å²) in [5.41, 5.74) is 3.81. The number of halogens is 1. The number of nitrogens with zero attached hydrogens (tertiary/aromatic N) is 3. The van der Waals surface area contributed by atoms with Gasteiger partial charge >= 0.3 is 5.97 Å². The highest BCUT2D eigenvalue weighted by Gasteiger charge is 2.24. The first-order valence-electron chi connectivity index (χ1n) is 10.8. The van der Waals surface area contributed by atoms with Crippen molar-refractivity contribution >= 4 is 39.9 Å². The minimum atomic E-state index is -0.875. The standard InChI is InChI=1S/C25H24ClN3O2S/c26-23-7-6-20(32-23)15-29-16-22(21-5-2-10-27-24(21)29)18-8-11-28(12-9-18)14-17-3-1-4-19(13-17)25(30)31/h1-7,10,13,16,18H,8-9,11-12,14-15H2,(H,30,31). The van der Waals surface area contributed by atoms with E-state index in [0.29, 0.717) is 11.5 Å². The van der Waals surface area contributed by atoms with E-state index in [2.05, 4.69) is 32.8 Å². The normalized spacial score (nSPS) is 15.4. The number of carboxylic acids is 1. The molecule has 5 rings (SSSR count). The summed E-state index contributed by atoms with van der Waals surface area (Å²) in [7, 11) is 0. The molecule has 1 aliphatic rings. The van der Waals surface area contributed by atoms with Crippen LogP contribution in [0.15, 0.2) is 60.9 Å². The van der Waals surface area contributed by atoms with Gasteiger partial charge < -0.3 is 9.67 Å². The van der Waals surface area contributed by atoms with Crippen molar-refractivity contribution in [2.24, 2.45) is 0 Å². The molecule has 0 bridgehead atoms. The Morgan fingerprint density at radius 2 is 1.97 bits per heavy atom. The van der Waals surface area contributed by atoms with E-state index in [1.807, 2.05) is 30.5 Å². The quantitative estimate of drug-likeness (QED) is 0.386. The van der Waals surface area contributed by atoms with E-state index in [9.17, 15) is 9.90 Å². The van der Waals surface area contributed by atoms with Crippen LogP contribution in [0.25, 0.3) is 11.0 Å². The number of piperidine rings is 1. The van der Waals surface area contributed by atoms with Gasteiger partial charge in [0, 0.05) is 29.2 Å². The number of thiophene rings is 1. The zero-order valence-electron chi connectivity index (χ0n) is 17.6. The molecule has 0 amide bonds. The number of hydrogen-bond acceptors (Lipinski definition) is 4. The molecule has 32 heavy (non-hydrogen) atoms. The number of aromatic nitrogens is 2. The Balaban J connectivity index is 1.31. The fourth-order valence-corrected chi connectivity index (χ4v) is 5.75. The van der Waals surface area contributed by atoms with Crippen LogP contribution in [0.4, 0.5) is 0 Å². The van der Waals surface area contributed by atoms with E-state index in [1.54, 1.807) is 23.5 Å². The lowest BCUT2D eigenvalue weighted by molar-refractivity contribution is 0.0696. The second kappa shape index (κ2) is 9.06. The van der Waals surface area contributed by atoms with Crippen LogP contribution in [-0.4, -0.2) is 38.6 Å². The molecule has 0 spiro atoms. The van der Waals surface area contributed by atoms with Gasteiger partial charge in [0.25, 0.3) is 0 Å². The van der Waals surface area contributed by atoms with Crippen molar-refractivity contribution in [1.82, 2.24) is 14.5 Å². The maximum absolute atomic E-state index is 11.2. The molecule has 4 heterocycles. The van der Waals surface area contributed by atoms with Gasteiger partial charge in [-0.2, -0.15) is 0 Å². The summed E-state index contributed by atoms with van der Waals surface area (Å²) in [6.07, 6.45) is 6.30. The average molecular weight is 466 g/mol.